The summed E-state index contributed by atoms with van der Waals surface area (Å²) in [5.74, 6) is 1.38. The van der Waals surface area contributed by atoms with E-state index in [2.05, 4.69) is 19.2 Å². The molecule has 0 saturated carbocycles. The standard InChI is InChI=1S/C13H24N2O2/c1-3-10(2)12-13(16)15(9-14-12)6-4-11-5-7-17-8-11/h10-12,14H,3-9H2,1-2H3. The number of carbonyl (C=O) groups is 1. The number of nitrogens with zero attached hydrogens (tertiary/aromatic N) is 1. The maximum absolute atomic E-state index is 12.1. The van der Waals surface area contributed by atoms with E-state index in [9.17, 15) is 4.79 Å². The molecule has 0 radical (unpaired) electrons. The Morgan fingerprint density at radius 2 is 2.41 bits per heavy atom. The number of carbonyl (C=O) groups excluding carboxylic acids is 1. The van der Waals surface area contributed by atoms with Crippen LogP contribution in [0.1, 0.15) is 33.1 Å². The van der Waals surface area contributed by atoms with Crippen molar-refractivity contribution in [2.75, 3.05) is 26.4 Å². The van der Waals surface area contributed by atoms with E-state index < -0.39 is 0 Å². The van der Waals surface area contributed by atoms with Crippen LogP contribution in [0.15, 0.2) is 0 Å². The Labute approximate surface area is 104 Å². The van der Waals surface area contributed by atoms with Crippen LogP contribution in [-0.2, 0) is 9.53 Å². The Hall–Kier alpha value is -0.610. The minimum atomic E-state index is 0.0415. The van der Waals surface area contributed by atoms with E-state index in [1.54, 1.807) is 0 Å². The largest absolute Gasteiger partial charge is 0.381 e. The molecule has 2 fully saturated rings. The molecular formula is C13H24N2O2. The monoisotopic (exact) mass is 240 g/mol. The Kier molecular flexibility index (Phi) is 4.40. The molecule has 2 saturated heterocycles. The highest BCUT2D eigenvalue weighted by molar-refractivity contribution is 5.84. The molecule has 0 aromatic carbocycles. The maximum Gasteiger partial charge on any atom is 0.241 e. The fourth-order valence-electron chi connectivity index (χ4n) is 2.59. The van der Waals surface area contributed by atoms with Crippen LogP contribution in [0.5, 0.6) is 0 Å². The summed E-state index contributed by atoms with van der Waals surface area (Å²) >= 11 is 0. The third-order valence-corrected chi connectivity index (χ3v) is 4.12. The smallest absolute Gasteiger partial charge is 0.241 e. The Morgan fingerprint density at radius 3 is 3.06 bits per heavy atom. The lowest BCUT2D eigenvalue weighted by molar-refractivity contribution is -0.129. The van der Waals surface area contributed by atoms with Crippen molar-refractivity contribution in [3.8, 4) is 0 Å². The van der Waals surface area contributed by atoms with E-state index in [0.29, 0.717) is 17.7 Å². The average molecular weight is 240 g/mol. The van der Waals surface area contributed by atoms with Crippen LogP contribution in [0.25, 0.3) is 0 Å². The van der Waals surface area contributed by atoms with Crippen LogP contribution >= 0.6 is 0 Å². The molecule has 0 aromatic rings. The molecular weight excluding hydrogens is 216 g/mol. The van der Waals surface area contributed by atoms with E-state index in [4.69, 9.17) is 4.74 Å². The van der Waals surface area contributed by atoms with Gasteiger partial charge in [-0.15, -0.1) is 0 Å². The third-order valence-electron chi connectivity index (χ3n) is 4.12. The molecule has 2 heterocycles. The fourth-order valence-corrected chi connectivity index (χ4v) is 2.59. The lowest BCUT2D eigenvalue weighted by Gasteiger charge is -2.19. The first-order chi connectivity index (χ1) is 8.22. The normalized spacial score (nSPS) is 31.2. The molecule has 0 bridgehead atoms. The van der Waals surface area contributed by atoms with Crippen LogP contribution in [-0.4, -0.2) is 43.3 Å². The van der Waals surface area contributed by atoms with Gasteiger partial charge in [-0.2, -0.15) is 0 Å². The summed E-state index contributed by atoms with van der Waals surface area (Å²) in [7, 11) is 0. The highest BCUT2D eigenvalue weighted by Crippen LogP contribution is 2.19. The SMILES string of the molecule is CCC(C)C1NCN(CCC2CCOC2)C1=O. The molecule has 0 aromatic heterocycles. The minimum Gasteiger partial charge on any atom is -0.381 e. The Balaban J connectivity index is 1.77. The van der Waals surface area contributed by atoms with Gasteiger partial charge >= 0.3 is 0 Å². The maximum atomic E-state index is 12.1. The molecule has 17 heavy (non-hydrogen) atoms. The zero-order valence-corrected chi connectivity index (χ0v) is 10.9. The molecule has 98 valence electrons. The van der Waals surface area contributed by atoms with Gasteiger partial charge in [-0.1, -0.05) is 20.3 Å². The van der Waals surface area contributed by atoms with Crippen molar-refractivity contribution in [3.05, 3.63) is 0 Å². The lowest BCUT2D eigenvalue weighted by atomic mass is 9.99. The van der Waals surface area contributed by atoms with Crippen LogP contribution in [0, 0.1) is 11.8 Å². The van der Waals surface area contributed by atoms with E-state index >= 15 is 0 Å². The number of hydrogen-bond donors (Lipinski definition) is 1. The highest BCUT2D eigenvalue weighted by atomic mass is 16.5. The zero-order chi connectivity index (χ0) is 12.3. The van der Waals surface area contributed by atoms with Gasteiger partial charge in [0.2, 0.25) is 5.91 Å². The summed E-state index contributed by atoms with van der Waals surface area (Å²) in [6, 6.07) is 0.0415. The number of hydrogen-bond acceptors (Lipinski definition) is 3. The van der Waals surface area contributed by atoms with Gasteiger partial charge in [0, 0.05) is 19.8 Å². The molecule has 3 atom stereocenters. The summed E-state index contributed by atoms with van der Waals surface area (Å²) in [6.07, 6.45) is 3.29. The number of ether oxygens (including phenoxy) is 1. The molecule has 2 aliphatic rings. The van der Waals surface area contributed by atoms with Gasteiger partial charge in [0.25, 0.3) is 0 Å². The molecule has 2 rings (SSSR count). The Bertz CT molecular complexity index is 264. The topological polar surface area (TPSA) is 41.6 Å². The van der Waals surface area contributed by atoms with Crippen LogP contribution in [0.3, 0.4) is 0 Å². The Morgan fingerprint density at radius 1 is 1.59 bits per heavy atom. The molecule has 0 spiro atoms. The van der Waals surface area contributed by atoms with Crippen LogP contribution in [0.2, 0.25) is 0 Å². The summed E-state index contributed by atoms with van der Waals surface area (Å²) in [4.78, 5) is 14.1. The van der Waals surface area contributed by atoms with Crippen molar-refractivity contribution in [2.45, 2.75) is 39.2 Å². The second-order valence-electron chi connectivity index (χ2n) is 5.35. The molecule has 1 amide bonds. The first-order valence-corrected chi connectivity index (χ1v) is 6.82. The first-order valence-electron chi connectivity index (χ1n) is 6.82. The lowest BCUT2D eigenvalue weighted by Crippen LogP contribution is -2.36. The van der Waals surface area contributed by atoms with Gasteiger partial charge in [0.05, 0.1) is 12.7 Å². The van der Waals surface area contributed by atoms with Crippen molar-refractivity contribution >= 4 is 5.91 Å². The van der Waals surface area contributed by atoms with E-state index in [1.807, 2.05) is 4.90 Å². The summed E-state index contributed by atoms with van der Waals surface area (Å²) in [6.45, 7) is 7.66. The van der Waals surface area contributed by atoms with Gasteiger partial charge in [0.1, 0.15) is 0 Å². The molecule has 4 nitrogen and oxygen atoms in total. The summed E-state index contributed by atoms with van der Waals surface area (Å²) < 4.78 is 5.36. The predicted octanol–water partition coefficient (Wildman–Crippen LogP) is 1.22. The van der Waals surface area contributed by atoms with Crippen molar-refractivity contribution in [3.63, 3.8) is 0 Å². The van der Waals surface area contributed by atoms with Crippen LogP contribution in [0.4, 0.5) is 0 Å². The molecule has 1 N–H and O–H groups in total. The minimum absolute atomic E-state index is 0.0415. The third kappa shape index (κ3) is 2.99. The van der Waals surface area contributed by atoms with Crippen LogP contribution < -0.4 is 5.32 Å². The predicted molar refractivity (Wildman–Crippen MR) is 66.5 cm³/mol. The molecule has 0 aliphatic carbocycles. The van der Waals surface area contributed by atoms with E-state index in [0.717, 1.165) is 45.7 Å². The second kappa shape index (κ2) is 5.83. The van der Waals surface area contributed by atoms with Crippen molar-refractivity contribution in [1.82, 2.24) is 10.2 Å². The summed E-state index contributed by atoms with van der Waals surface area (Å²) in [5, 5.41) is 3.33. The second-order valence-corrected chi connectivity index (χ2v) is 5.35. The van der Waals surface area contributed by atoms with Gasteiger partial charge in [0.15, 0.2) is 0 Å². The number of nitrogens with one attached hydrogen (secondary N) is 1. The van der Waals surface area contributed by atoms with Gasteiger partial charge in [-0.3, -0.25) is 10.1 Å². The quantitative estimate of drug-likeness (QED) is 0.785. The summed E-state index contributed by atoms with van der Waals surface area (Å²) in [5.41, 5.74) is 0. The average Bonchev–Trinajstić information content (AvgIpc) is 2.95. The van der Waals surface area contributed by atoms with E-state index in [-0.39, 0.29) is 6.04 Å². The van der Waals surface area contributed by atoms with Gasteiger partial charge < -0.3 is 9.64 Å². The number of rotatable bonds is 5. The molecule has 2 aliphatic heterocycles. The van der Waals surface area contributed by atoms with Crippen molar-refractivity contribution in [1.29, 1.82) is 0 Å². The fraction of sp³-hybridized carbons (Fsp3) is 0.923. The van der Waals surface area contributed by atoms with Gasteiger partial charge in [-0.25, -0.2) is 0 Å². The molecule has 3 unspecified atom stereocenters. The molecule has 4 heteroatoms. The van der Waals surface area contributed by atoms with Gasteiger partial charge in [-0.05, 0) is 24.7 Å². The zero-order valence-electron chi connectivity index (χ0n) is 10.9. The van der Waals surface area contributed by atoms with E-state index in [1.165, 1.54) is 0 Å². The first kappa shape index (κ1) is 12.8. The number of amides is 1. The van der Waals surface area contributed by atoms with Crippen molar-refractivity contribution in [2.24, 2.45) is 11.8 Å². The highest BCUT2D eigenvalue weighted by Gasteiger charge is 2.34. The van der Waals surface area contributed by atoms with Crippen molar-refractivity contribution < 1.29 is 9.53 Å².